The lowest BCUT2D eigenvalue weighted by Gasteiger charge is -2.41. The number of hydrogen-bond donors (Lipinski definition) is 1. The summed E-state index contributed by atoms with van der Waals surface area (Å²) in [6.07, 6.45) is 4.08. The average molecular weight is 227 g/mol. The number of methoxy groups -OCH3 is 1. The fraction of sp³-hybridized carbons (Fsp3) is 1.00. The van der Waals surface area contributed by atoms with E-state index in [1.54, 1.807) is 7.11 Å². The molecule has 1 rings (SSSR count). The minimum absolute atomic E-state index is 0.768. The van der Waals surface area contributed by atoms with Crippen LogP contribution in [0.1, 0.15) is 40.0 Å². The van der Waals surface area contributed by atoms with Gasteiger partial charge >= 0.3 is 0 Å². The van der Waals surface area contributed by atoms with E-state index in [1.165, 1.54) is 25.8 Å². The van der Waals surface area contributed by atoms with Crippen LogP contribution in [0.25, 0.3) is 0 Å². The quantitative estimate of drug-likeness (QED) is 0.688. The van der Waals surface area contributed by atoms with Gasteiger partial charge in [0.2, 0.25) is 0 Å². The first-order chi connectivity index (χ1) is 7.65. The smallest absolute Gasteiger partial charge is 0.0464 e. The van der Waals surface area contributed by atoms with Crippen molar-refractivity contribution in [2.75, 3.05) is 26.8 Å². The zero-order valence-corrected chi connectivity index (χ0v) is 11.5. The summed E-state index contributed by atoms with van der Waals surface area (Å²) in [5, 5.41) is 3.60. The molecule has 0 aromatic carbocycles. The zero-order valence-electron chi connectivity index (χ0n) is 11.5. The monoisotopic (exact) mass is 227 g/mol. The van der Waals surface area contributed by atoms with Gasteiger partial charge in [-0.05, 0) is 56.0 Å². The second kappa shape index (κ2) is 7.29. The van der Waals surface area contributed by atoms with Crippen LogP contribution in [0.2, 0.25) is 0 Å². The Labute approximate surface area is 101 Å². The van der Waals surface area contributed by atoms with Crippen LogP contribution in [-0.2, 0) is 4.74 Å². The molecule has 3 atom stereocenters. The van der Waals surface area contributed by atoms with E-state index in [9.17, 15) is 0 Å². The first-order valence-electron chi connectivity index (χ1n) is 6.84. The summed E-state index contributed by atoms with van der Waals surface area (Å²) >= 11 is 0. The molecular formula is C14H29NO. The minimum Gasteiger partial charge on any atom is -0.385 e. The molecule has 1 fully saturated rings. The second-order valence-electron chi connectivity index (χ2n) is 5.81. The maximum Gasteiger partial charge on any atom is 0.0464 e. The molecule has 0 heterocycles. The van der Waals surface area contributed by atoms with Crippen molar-refractivity contribution in [1.82, 2.24) is 5.32 Å². The van der Waals surface area contributed by atoms with Crippen LogP contribution in [0.15, 0.2) is 0 Å². The molecule has 1 aliphatic rings. The Bertz CT molecular complexity index is 182. The van der Waals surface area contributed by atoms with Gasteiger partial charge in [0.05, 0.1) is 0 Å². The van der Waals surface area contributed by atoms with Crippen LogP contribution in [-0.4, -0.2) is 26.8 Å². The van der Waals surface area contributed by atoms with Gasteiger partial charge in [0.25, 0.3) is 0 Å². The SMILES string of the molecule is COCCC(C)C1CCC1CNCC(C)C. The molecule has 0 amide bonds. The van der Waals surface area contributed by atoms with E-state index in [0.717, 1.165) is 36.8 Å². The van der Waals surface area contributed by atoms with Gasteiger partial charge in [0.1, 0.15) is 0 Å². The highest BCUT2D eigenvalue weighted by atomic mass is 16.5. The summed E-state index contributed by atoms with van der Waals surface area (Å²) in [6, 6.07) is 0. The normalized spacial score (nSPS) is 26.8. The van der Waals surface area contributed by atoms with Gasteiger partial charge < -0.3 is 10.1 Å². The van der Waals surface area contributed by atoms with Crippen LogP contribution in [0, 0.1) is 23.7 Å². The molecule has 1 aliphatic carbocycles. The summed E-state index contributed by atoms with van der Waals surface area (Å²) in [7, 11) is 1.80. The van der Waals surface area contributed by atoms with Crippen molar-refractivity contribution in [2.45, 2.75) is 40.0 Å². The molecule has 0 saturated heterocycles. The molecule has 0 aromatic heterocycles. The number of hydrogen-bond acceptors (Lipinski definition) is 2. The van der Waals surface area contributed by atoms with Crippen LogP contribution in [0.4, 0.5) is 0 Å². The number of nitrogens with one attached hydrogen (secondary N) is 1. The standard InChI is InChI=1S/C14H29NO/c1-11(2)9-15-10-13-5-6-14(13)12(3)7-8-16-4/h11-15H,5-10H2,1-4H3. The summed E-state index contributed by atoms with van der Waals surface area (Å²) < 4.78 is 5.16. The molecule has 2 heteroatoms. The van der Waals surface area contributed by atoms with E-state index in [-0.39, 0.29) is 0 Å². The van der Waals surface area contributed by atoms with Gasteiger partial charge in [-0.15, -0.1) is 0 Å². The first-order valence-corrected chi connectivity index (χ1v) is 6.84. The van der Waals surface area contributed by atoms with Crippen molar-refractivity contribution in [3.63, 3.8) is 0 Å². The third kappa shape index (κ3) is 4.42. The van der Waals surface area contributed by atoms with Gasteiger partial charge in [-0.1, -0.05) is 20.8 Å². The molecular weight excluding hydrogens is 198 g/mol. The van der Waals surface area contributed by atoms with Crippen molar-refractivity contribution < 1.29 is 4.74 Å². The molecule has 16 heavy (non-hydrogen) atoms. The Hall–Kier alpha value is -0.0800. The lowest BCUT2D eigenvalue weighted by atomic mass is 9.66. The van der Waals surface area contributed by atoms with Gasteiger partial charge in [0.15, 0.2) is 0 Å². The maximum atomic E-state index is 5.16. The lowest BCUT2D eigenvalue weighted by molar-refractivity contribution is 0.0831. The largest absolute Gasteiger partial charge is 0.385 e. The van der Waals surface area contributed by atoms with Crippen LogP contribution < -0.4 is 5.32 Å². The third-order valence-corrected chi connectivity index (χ3v) is 3.94. The van der Waals surface area contributed by atoms with Crippen LogP contribution in [0.3, 0.4) is 0 Å². The highest BCUT2D eigenvalue weighted by Gasteiger charge is 2.33. The van der Waals surface area contributed by atoms with E-state index in [2.05, 4.69) is 26.1 Å². The van der Waals surface area contributed by atoms with E-state index in [4.69, 9.17) is 4.74 Å². The maximum absolute atomic E-state index is 5.16. The molecule has 0 spiro atoms. The van der Waals surface area contributed by atoms with Crippen molar-refractivity contribution in [3.8, 4) is 0 Å². The molecule has 1 saturated carbocycles. The Morgan fingerprint density at radius 3 is 2.50 bits per heavy atom. The van der Waals surface area contributed by atoms with Crippen molar-refractivity contribution >= 4 is 0 Å². The fourth-order valence-electron chi connectivity index (χ4n) is 2.67. The van der Waals surface area contributed by atoms with E-state index in [1.807, 2.05) is 0 Å². The summed E-state index contributed by atoms with van der Waals surface area (Å²) in [5.41, 5.74) is 0. The summed E-state index contributed by atoms with van der Waals surface area (Å²) in [4.78, 5) is 0. The molecule has 0 aliphatic heterocycles. The average Bonchev–Trinajstić information content (AvgIpc) is 2.19. The Morgan fingerprint density at radius 1 is 1.25 bits per heavy atom. The topological polar surface area (TPSA) is 21.3 Å². The molecule has 3 unspecified atom stereocenters. The molecule has 0 bridgehead atoms. The summed E-state index contributed by atoms with van der Waals surface area (Å²) in [5.74, 6) is 3.46. The molecule has 96 valence electrons. The number of ether oxygens (including phenoxy) is 1. The van der Waals surface area contributed by atoms with Gasteiger partial charge in [0, 0.05) is 13.7 Å². The van der Waals surface area contributed by atoms with Gasteiger partial charge in [-0.3, -0.25) is 0 Å². The van der Waals surface area contributed by atoms with Crippen molar-refractivity contribution in [1.29, 1.82) is 0 Å². The minimum atomic E-state index is 0.768. The van der Waals surface area contributed by atoms with E-state index in [0.29, 0.717) is 0 Å². The summed E-state index contributed by atoms with van der Waals surface area (Å²) in [6.45, 7) is 10.2. The zero-order chi connectivity index (χ0) is 12.0. The van der Waals surface area contributed by atoms with Gasteiger partial charge in [-0.2, -0.15) is 0 Å². The molecule has 1 N–H and O–H groups in total. The molecule has 0 aromatic rings. The first kappa shape index (κ1) is 14.0. The predicted octanol–water partition coefficient (Wildman–Crippen LogP) is 2.93. The fourth-order valence-corrected chi connectivity index (χ4v) is 2.67. The second-order valence-corrected chi connectivity index (χ2v) is 5.81. The Balaban J connectivity index is 2.14. The predicted molar refractivity (Wildman–Crippen MR) is 69.6 cm³/mol. The Kier molecular flexibility index (Phi) is 6.37. The van der Waals surface area contributed by atoms with Crippen molar-refractivity contribution in [3.05, 3.63) is 0 Å². The van der Waals surface area contributed by atoms with Crippen LogP contribution >= 0.6 is 0 Å². The molecule has 0 radical (unpaired) electrons. The van der Waals surface area contributed by atoms with Crippen molar-refractivity contribution in [2.24, 2.45) is 23.7 Å². The number of rotatable bonds is 8. The van der Waals surface area contributed by atoms with E-state index < -0.39 is 0 Å². The Morgan fingerprint density at radius 2 is 2.00 bits per heavy atom. The van der Waals surface area contributed by atoms with E-state index >= 15 is 0 Å². The van der Waals surface area contributed by atoms with Gasteiger partial charge in [-0.25, -0.2) is 0 Å². The molecule has 2 nitrogen and oxygen atoms in total. The highest BCUT2D eigenvalue weighted by Crippen LogP contribution is 2.40. The lowest BCUT2D eigenvalue weighted by Crippen LogP contribution is -2.39. The highest BCUT2D eigenvalue weighted by molar-refractivity contribution is 4.85. The van der Waals surface area contributed by atoms with Crippen LogP contribution in [0.5, 0.6) is 0 Å². The third-order valence-electron chi connectivity index (χ3n) is 3.94.